The Balaban J connectivity index is 2.58. The van der Waals surface area contributed by atoms with E-state index >= 15 is 0 Å². The van der Waals surface area contributed by atoms with Crippen molar-refractivity contribution in [1.29, 1.82) is 0 Å². The highest BCUT2D eigenvalue weighted by molar-refractivity contribution is 7.84. The summed E-state index contributed by atoms with van der Waals surface area (Å²) in [6.45, 7) is 4.74. The van der Waals surface area contributed by atoms with Crippen molar-refractivity contribution in [2.45, 2.75) is 32.7 Å². The van der Waals surface area contributed by atoms with Gasteiger partial charge in [-0.05, 0) is 19.8 Å². The molecule has 6 nitrogen and oxygen atoms in total. The number of nitrogens with one attached hydrogen (secondary N) is 2. The molecule has 0 spiro atoms. The SMILES string of the molecule is CCCNc1nc(N)c(C(=O)NC(C)CCS(C)=O)s1. The third-order valence-corrected chi connectivity index (χ3v) is 4.44. The molecule has 1 aromatic rings. The molecule has 2 atom stereocenters. The molecule has 1 aromatic heterocycles. The van der Waals surface area contributed by atoms with Crippen molar-refractivity contribution < 1.29 is 9.00 Å². The molecular weight excluding hydrogens is 296 g/mol. The lowest BCUT2D eigenvalue weighted by Gasteiger charge is -2.12. The van der Waals surface area contributed by atoms with Gasteiger partial charge < -0.3 is 16.4 Å². The summed E-state index contributed by atoms with van der Waals surface area (Å²) in [6.07, 6.45) is 3.31. The first-order valence-electron chi connectivity index (χ1n) is 6.55. The van der Waals surface area contributed by atoms with E-state index in [1.54, 1.807) is 6.26 Å². The fourth-order valence-electron chi connectivity index (χ4n) is 1.51. The summed E-state index contributed by atoms with van der Waals surface area (Å²) in [5.74, 6) is 0.597. The molecule has 0 saturated heterocycles. The van der Waals surface area contributed by atoms with Gasteiger partial charge >= 0.3 is 0 Å². The maximum Gasteiger partial charge on any atom is 0.265 e. The Labute approximate surface area is 126 Å². The molecule has 0 aliphatic carbocycles. The van der Waals surface area contributed by atoms with Gasteiger partial charge in [-0.15, -0.1) is 0 Å². The van der Waals surface area contributed by atoms with Gasteiger partial charge in [-0.2, -0.15) is 0 Å². The number of thiazole rings is 1. The average Bonchev–Trinajstić information content (AvgIpc) is 2.75. The van der Waals surface area contributed by atoms with Crippen LogP contribution < -0.4 is 16.4 Å². The lowest BCUT2D eigenvalue weighted by molar-refractivity contribution is 0.0944. The van der Waals surface area contributed by atoms with Crippen LogP contribution in [0, 0.1) is 0 Å². The number of nitrogens with zero attached hydrogens (tertiary/aromatic N) is 1. The van der Waals surface area contributed by atoms with Gasteiger partial charge in [0, 0.05) is 35.4 Å². The van der Waals surface area contributed by atoms with Gasteiger partial charge in [-0.3, -0.25) is 9.00 Å². The van der Waals surface area contributed by atoms with Crippen molar-refractivity contribution in [2.75, 3.05) is 29.6 Å². The van der Waals surface area contributed by atoms with Gasteiger partial charge in [0.15, 0.2) is 5.13 Å². The van der Waals surface area contributed by atoms with Crippen LogP contribution in [0.3, 0.4) is 0 Å². The number of nitrogen functional groups attached to an aromatic ring is 1. The molecule has 0 saturated carbocycles. The monoisotopic (exact) mass is 318 g/mol. The Bertz CT molecular complexity index is 476. The minimum absolute atomic E-state index is 0.0417. The van der Waals surface area contributed by atoms with Crippen LogP contribution in [0.5, 0.6) is 0 Å². The van der Waals surface area contributed by atoms with Crippen LogP contribution in [0.25, 0.3) is 0 Å². The minimum Gasteiger partial charge on any atom is -0.382 e. The summed E-state index contributed by atoms with van der Waals surface area (Å²) >= 11 is 1.25. The van der Waals surface area contributed by atoms with Crippen molar-refractivity contribution in [2.24, 2.45) is 0 Å². The molecule has 20 heavy (non-hydrogen) atoms. The Morgan fingerprint density at radius 1 is 1.55 bits per heavy atom. The van der Waals surface area contributed by atoms with Crippen LogP contribution in [0.4, 0.5) is 10.9 Å². The standard InChI is InChI=1S/C12H22N4O2S2/c1-4-6-14-12-16-10(13)9(19-12)11(17)15-8(2)5-7-20(3)18/h8H,4-7,13H2,1-3H3,(H,14,16)(H,15,17). The van der Waals surface area contributed by atoms with Crippen molar-refractivity contribution in [3.05, 3.63) is 4.88 Å². The van der Waals surface area contributed by atoms with Crippen LogP contribution in [0.1, 0.15) is 36.4 Å². The van der Waals surface area contributed by atoms with Crippen molar-refractivity contribution in [3.63, 3.8) is 0 Å². The molecule has 2 unspecified atom stereocenters. The van der Waals surface area contributed by atoms with E-state index in [-0.39, 0.29) is 17.8 Å². The topological polar surface area (TPSA) is 97.1 Å². The molecule has 0 bridgehead atoms. The van der Waals surface area contributed by atoms with Gasteiger partial charge in [0.2, 0.25) is 0 Å². The molecule has 114 valence electrons. The summed E-state index contributed by atoms with van der Waals surface area (Å²) in [4.78, 5) is 16.6. The van der Waals surface area contributed by atoms with Crippen molar-refractivity contribution in [3.8, 4) is 0 Å². The number of anilines is 2. The first kappa shape index (κ1) is 16.9. The van der Waals surface area contributed by atoms with Crippen LogP contribution in [-0.4, -0.2) is 39.7 Å². The van der Waals surface area contributed by atoms with Crippen LogP contribution in [-0.2, 0) is 10.8 Å². The molecule has 1 amide bonds. The zero-order valence-electron chi connectivity index (χ0n) is 12.1. The van der Waals surface area contributed by atoms with Gasteiger partial charge in [0.05, 0.1) is 0 Å². The van der Waals surface area contributed by atoms with Crippen LogP contribution in [0.15, 0.2) is 0 Å². The highest BCUT2D eigenvalue weighted by Crippen LogP contribution is 2.24. The van der Waals surface area contributed by atoms with Gasteiger partial charge in [0.25, 0.3) is 5.91 Å². The maximum absolute atomic E-state index is 12.1. The molecule has 4 N–H and O–H groups in total. The Hall–Kier alpha value is -1.15. The number of aromatic nitrogens is 1. The van der Waals surface area contributed by atoms with E-state index in [0.717, 1.165) is 13.0 Å². The summed E-state index contributed by atoms with van der Waals surface area (Å²) in [5, 5.41) is 6.63. The van der Waals surface area contributed by atoms with Crippen LogP contribution in [0.2, 0.25) is 0 Å². The molecule has 0 aliphatic heterocycles. The predicted octanol–water partition coefficient (Wildman–Crippen LogP) is 1.43. The Morgan fingerprint density at radius 2 is 2.25 bits per heavy atom. The molecule has 0 aliphatic rings. The molecule has 1 heterocycles. The second kappa shape index (κ2) is 8.21. The van der Waals surface area contributed by atoms with E-state index in [9.17, 15) is 9.00 Å². The third-order valence-electron chi connectivity index (χ3n) is 2.60. The Kier molecular flexibility index (Phi) is 6.94. The largest absolute Gasteiger partial charge is 0.382 e. The van der Waals surface area contributed by atoms with Crippen molar-refractivity contribution >= 4 is 39.0 Å². The van der Waals surface area contributed by atoms with E-state index in [4.69, 9.17) is 5.73 Å². The number of carbonyl (C=O) groups is 1. The van der Waals surface area contributed by atoms with E-state index in [0.29, 0.717) is 22.2 Å². The second-order valence-corrected chi connectivity index (χ2v) is 7.15. The summed E-state index contributed by atoms with van der Waals surface area (Å²) < 4.78 is 11.0. The summed E-state index contributed by atoms with van der Waals surface area (Å²) in [6, 6.07) is -0.0417. The number of amides is 1. The number of hydrogen-bond donors (Lipinski definition) is 3. The molecule has 8 heteroatoms. The molecule has 0 aromatic carbocycles. The molecule has 0 radical (unpaired) electrons. The minimum atomic E-state index is -0.845. The molecular formula is C12H22N4O2S2. The average molecular weight is 318 g/mol. The highest BCUT2D eigenvalue weighted by atomic mass is 32.2. The van der Waals surface area contributed by atoms with E-state index in [1.165, 1.54) is 11.3 Å². The fourth-order valence-corrected chi connectivity index (χ4v) is 3.01. The number of hydrogen-bond acceptors (Lipinski definition) is 6. The van der Waals surface area contributed by atoms with Crippen molar-refractivity contribution in [1.82, 2.24) is 10.3 Å². The zero-order chi connectivity index (χ0) is 15.1. The van der Waals surface area contributed by atoms with E-state index in [2.05, 4.69) is 22.5 Å². The normalized spacial score (nSPS) is 13.8. The first-order chi connectivity index (χ1) is 9.43. The fraction of sp³-hybridized carbons (Fsp3) is 0.667. The van der Waals surface area contributed by atoms with Gasteiger partial charge in [0.1, 0.15) is 10.7 Å². The van der Waals surface area contributed by atoms with Gasteiger partial charge in [-0.1, -0.05) is 18.3 Å². The maximum atomic E-state index is 12.1. The smallest absolute Gasteiger partial charge is 0.265 e. The van der Waals surface area contributed by atoms with Gasteiger partial charge in [-0.25, -0.2) is 4.98 Å². The van der Waals surface area contributed by atoms with Crippen LogP contribution >= 0.6 is 11.3 Å². The number of rotatable bonds is 8. The predicted molar refractivity (Wildman–Crippen MR) is 85.8 cm³/mol. The van der Waals surface area contributed by atoms with E-state index in [1.807, 2.05) is 6.92 Å². The van der Waals surface area contributed by atoms with E-state index < -0.39 is 10.8 Å². The number of nitrogens with two attached hydrogens (primary N) is 1. The zero-order valence-corrected chi connectivity index (χ0v) is 13.7. The highest BCUT2D eigenvalue weighted by Gasteiger charge is 2.17. The summed E-state index contributed by atoms with van der Waals surface area (Å²) in [7, 11) is -0.845. The molecule has 0 fully saturated rings. The Morgan fingerprint density at radius 3 is 2.85 bits per heavy atom. The molecule has 1 rings (SSSR count). The first-order valence-corrected chi connectivity index (χ1v) is 9.09. The summed E-state index contributed by atoms with van der Waals surface area (Å²) in [5.41, 5.74) is 5.76. The lowest BCUT2D eigenvalue weighted by atomic mass is 10.2. The second-order valence-electron chi connectivity index (χ2n) is 4.60. The quantitative estimate of drug-likeness (QED) is 0.674. The number of carbonyl (C=O) groups excluding carboxylic acids is 1. The third kappa shape index (κ3) is 5.46. The lowest BCUT2D eigenvalue weighted by Crippen LogP contribution is -2.33.